The first-order chi connectivity index (χ1) is 13.4. The molecule has 5 rings (SSSR count). The predicted octanol–water partition coefficient (Wildman–Crippen LogP) is 3.89. The van der Waals surface area contributed by atoms with E-state index in [-0.39, 0.29) is 0 Å². The van der Waals surface area contributed by atoms with Crippen LogP contribution in [-0.2, 0) is 11.2 Å². The first-order valence-electron chi connectivity index (χ1n) is 9.10. The lowest BCUT2D eigenvalue weighted by Gasteiger charge is -2.26. The molecule has 0 saturated carbocycles. The van der Waals surface area contributed by atoms with Gasteiger partial charge in [0.05, 0.1) is 23.8 Å². The Morgan fingerprint density at radius 3 is 2.70 bits per heavy atom. The Morgan fingerprint density at radius 1 is 1.04 bits per heavy atom. The van der Waals surface area contributed by atoms with Gasteiger partial charge in [-0.3, -0.25) is 0 Å². The summed E-state index contributed by atoms with van der Waals surface area (Å²) in [5.74, 6) is 0. The fraction of sp³-hybridized carbons (Fsp3) is 0.300. The van der Waals surface area contributed by atoms with Crippen molar-refractivity contribution in [3.8, 4) is 0 Å². The van der Waals surface area contributed by atoms with Gasteiger partial charge >= 0.3 is 0 Å². The molecule has 0 unspecified atom stereocenters. The lowest BCUT2D eigenvalue weighted by Crippen LogP contribution is -2.36. The Hall–Kier alpha value is -2.64. The lowest BCUT2D eigenvalue weighted by molar-refractivity contribution is 0.122. The van der Waals surface area contributed by atoms with Crippen molar-refractivity contribution in [2.75, 3.05) is 37.7 Å². The highest BCUT2D eigenvalue weighted by molar-refractivity contribution is 7.17. The normalized spacial score (nSPS) is 16.9. The topological polar surface area (TPSA) is 62.4 Å². The molecule has 0 spiro atoms. The van der Waals surface area contributed by atoms with E-state index in [9.17, 15) is 0 Å². The number of thiazole rings is 1. The van der Waals surface area contributed by atoms with Gasteiger partial charge in [0.15, 0.2) is 5.13 Å². The van der Waals surface area contributed by atoms with Crippen molar-refractivity contribution < 1.29 is 4.74 Å². The molecule has 7 heteroatoms. The molecule has 6 nitrogen and oxygen atoms in total. The lowest BCUT2D eigenvalue weighted by atomic mass is 10.0. The number of hydrogen-bond donors (Lipinski definition) is 0. The van der Waals surface area contributed by atoms with Gasteiger partial charge in [0.2, 0.25) is 0 Å². The summed E-state index contributed by atoms with van der Waals surface area (Å²) in [6.45, 7) is 3.80. The maximum Gasteiger partial charge on any atom is 0.186 e. The number of morpholine rings is 1. The highest BCUT2D eigenvalue weighted by Gasteiger charge is 2.22. The number of aromatic nitrogens is 1. The van der Waals surface area contributed by atoms with Gasteiger partial charge < -0.3 is 9.64 Å². The second-order valence-electron chi connectivity index (χ2n) is 6.67. The average molecular weight is 377 g/mol. The van der Waals surface area contributed by atoms with E-state index in [0.29, 0.717) is 6.54 Å². The molecule has 0 N–H and O–H groups in total. The Labute approximate surface area is 161 Å². The first-order valence-corrected chi connectivity index (χ1v) is 9.92. The molecule has 0 atom stereocenters. The Morgan fingerprint density at radius 2 is 1.89 bits per heavy atom. The summed E-state index contributed by atoms with van der Waals surface area (Å²) < 4.78 is 5.48. The number of rotatable bonds is 4. The third-order valence-corrected chi connectivity index (χ3v) is 6.07. The number of anilines is 1. The number of benzene rings is 2. The van der Waals surface area contributed by atoms with E-state index < -0.39 is 0 Å². The molecule has 2 aliphatic rings. The Kier molecular flexibility index (Phi) is 4.39. The van der Waals surface area contributed by atoms with Gasteiger partial charge in [-0.1, -0.05) is 53.8 Å². The largest absolute Gasteiger partial charge is 0.378 e. The molecule has 136 valence electrons. The molecule has 27 heavy (non-hydrogen) atoms. The van der Waals surface area contributed by atoms with Gasteiger partial charge in [0, 0.05) is 19.5 Å². The predicted molar refractivity (Wildman–Crippen MR) is 108 cm³/mol. The van der Waals surface area contributed by atoms with Crippen LogP contribution in [0.4, 0.5) is 5.13 Å². The van der Waals surface area contributed by atoms with Gasteiger partial charge in [0.1, 0.15) is 12.3 Å². The summed E-state index contributed by atoms with van der Waals surface area (Å²) in [5, 5.41) is 15.6. The van der Waals surface area contributed by atoms with Gasteiger partial charge in [-0.25, -0.2) is 4.98 Å². The minimum atomic E-state index is 0.537. The summed E-state index contributed by atoms with van der Waals surface area (Å²) in [5.41, 5.74) is 3.23. The van der Waals surface area contributed by atoms with Crippen LogP contribution >= 0.6 is 11.3 Å². The molecule has 2 aliphatic heterocycles. The monoisotopic (exact) mass is 377 g/mol. The fourth-order valence-corrected chi connectivity index (χ4v) is 4.56. The van der Waals surface area contributed by atoms with E-state index in [2.05, 4.69) is 62.8 Å². The van der Waals surface area contributed by atoms with Crippen LogP contribution in [-0.4, -0.2) is 43.5 Å². The minimum absolute atomic E-state index is 0.537. The molecule has 1 fully saturated rings. The molecular weight excluding hydrogens is 358 g/mol. The Bertz CT molecular complexity index is 1040. The van der Waals surface area contributed by atoms with Crippen molar-refractivity contribution >= 4 is 33.0 Å². The maximum absolute atomic E-state index is 5.48. The van der Waals surface area contributed by atoms with E-state index in [0.717, 1.165) is 54.1 Å². The van der Waals surface area contributed by atoms with Crippen LogP contribution < -0.4 is 4.90 Å². The number of ether oxygens (including phenoxy) is 1. The summed E-state index contributed by atoms with van der Waals surface area (Å²) in [6.07, 6.45) is 0.778. The standard InChI is InChI=1S/C20H19N5OS/c1-2-4-16-11-14(5-6-15(16)3-1)12-17-19(18-13-21-24-23-18)27-20(22-17)25-7-9-26-10-8-25/h1-6,11H,7-10,12-13H2. The number of hydrogen-bond acceptors (Lipinski definition) is 7. The molecule has 1 aromatic heterocycles. The van der Waals surface area contributed by atoms with Crippen LogP contribution in [0.25, 0.3) is 10.8 Å². The third-order valence-electron chi connectivity index (χ3n) is 4.86. The fourth-order valence-electron chi connectivity index (χ4n) is 3.45. The zero-order valence-corrected chi connectivity index (χ0v) is 15.7. The van der Waals surface area contributed by atoms with Gasteiger partial charge in [-0.2, -0.15) is 5.11 Å². The van der Waals surface area contributed by atoms with Crippen LogP contribution in [0.5, 0.6) is 0 Å². The molecule has 0 aliphatic carbocycles. The smallest absolute Gasteiger partial charge is 0.186 e. The van der Waals surface area contributed by atoms with Crippen LogP contribution in [0.2, 0.25) is 0 Å². The molecule has 1 saturated heterocycles. The molecule has 0 radical (unpaired) electrons. The first kappa shape index (κ1) is 16.5. The molecular formula is C20H19N5OS. The zero-order valence-electron chi connectivity index (χ0n) is 14.8. The van der Waals surface area contributed by atoms with Crippen molar-refractivity contribution in [2.24, 2.45) is 15.4 Å². The molecule has 3 heterocycles. The van der Waals surface area contributed by atoms with Gasteiger partial charge in [-0.05, 0) is 21.6 Å². The Balaban J connectivity index is 1.49. The van der Waals surface area contributed by atoms with Crippen molar-refractivity contribution in [1.29, 1.82) is 0 Å². The summed E-state index contributed by atoms with van der Waals surface area (Å²) in [4.78, 5) is 8.38. The van der Waals surface area contributed by atoms with Crippen molar-refractivity contribution in [2.45, 2.75) is 6.42 Å². The molecule has 0 bridgehead atoms. The molecule has 3 aromatic rings. The van der Waals surface area contributed by atoms with E-state index in [4.69, 9.17) is 9.72 Å². The van der Waals surface area contributed by atoms with E-state index >= 15 is 0 Å². The van der Waals surface area contributed by atoms with Crippen LogP contribution in [0.15, 0.2) is 57.9 Å². The number of nitrogens with zero attached hydrogens (tertiary/aromatic N) is 5. The molecule has 0 amide bonds. The van der Waals surface area contributed by atoms with E-state index in [1.165, 1.54) is 16.3 Å². The van der Waals surface area contributed by atoms with E-state index in [1.54, 1.807) is 11.3 Å². The SMILES string of the molecule is c1ccc2cc(Cc3nc(N4CCOCC4)sc3C3=NN=NC3)ccc2c1. The second kappa shape index (κ2) is 7.17. The number of fused-ring (bicyclic) bond motifs is 1. The molecule has 2 aromatic carbocycles. The zero-order chi connectivity index (χ0) is 18.1. The minimum Gasteiger partial charge on any atom is -0.378 e. The highest BCUT2D eigenvalue weighted by Crippen LogP contribution is 2.31. The van der Waals surface area contributed by atoms with Crippen molar-refractivity contribution in [3.63, 3.8) is 0 Å². The maximum atomic E-state index is 5.48. The van der Waals surface area contributed by atoms with Crippen molar-refractivity contribution in [3.05, 3.63) is 58.6 Å². The quantitative estimate of drug-likeness (QED) is 0.693. The van der Waals surface area contributed by atoms with E-state index in [1.807, 2.05) is 0 Å². The van der Waals surface area contributed by atoms with Crippen LogP contribution in [0.3, 0.4) is 0 Å². The van der Waals surface area contributed by atoms with Crippen LogP contribution in [0, 0.1) is 0 Å². The van der Waals surface area contributed by atoms with Crippen molar-refractivity contribution in [1.82, 2.24) is 4.98 Å². The highest BCUT2D eigenvalue weighted by atomic mass is 32.1. The summed E-state index contributed by atoms with van der Waals surface area (Å²) in [7, 11) is 0. The average Bonchev–Trinajstić information content (AvgIpc) is 3.38. The van der Waals surface area contributed by atoms with Gasteiger partial charge in [0.25, 0.3) is 0 Å². The second-order valence-corrected chi connectivity index (χ2v) is 7.64. The summed E-state index contributed by atoms with van der Waals surface area (Å²) in [6, 6.07) is 15.0. The van der Waals surface area contributed by atoms with Crippen LogP contribution in [0.1, 0.15) is 16.1 Å². The summed E-state index contributed by atoms with van der Waals surface area (Å²) >= 11 is 1.69. The van der Waals surface area contributed by atoms with Gasteiger partial charge in [-0.15, -0.1) is 5.10 Å². The third kappa shape index (κ3) is 3.36.